The third-order valence-electron chi connectivity index (χ3n) is 3.90. The standard InChI is InChI=1S/C22H23FO4/c1-14(2)12-21(24)26-16(4)27-22(25)15(3)18-10-11-19(20(23)13-18)17-8-6-5-7-9-17/h5-13,15-16H,1-4H3. The lowest BCUT2D eigenvalue weighted by Gasteiger charge is -2.17. The molecule has 142 valence electrons. The highest BCUT2D eigenvalue weighted by atomic mass is 19.1. The van der Waals surface area contributed by atoms with E-state index in [4.69, 9.17) is 9.47 Å². The Morgan fingerprint density at radius 3 is 2.26 bits per heavy atom. The van der Waals surface area contributed by atoms with Crippen molar-refractivity contribution in [3.63, 3.8) is 0 Å². The minimum absolute atomic E-state index is 0.415. The Bertz CT molecular complexity index is 839. The number of carbonyl (C=O) groups is 2. The van der Waals surface area contributed by atoms with Crippen molar-refractivity contribution in [2.45, 2.75) is 39.9 Å². The number of esters is 2. The summed E-state index contributed by atoms with van der Waals surface area (Å²) in [6.45, 7) is 6.59. The molecule has 0 bridgehead atoms. The van der Waals surface area contributed by atoms with Gasteiger partial charge in [0.2, 0.25) is 6.29 Å². The van der Waals surface area contributed by atoms with Gasteiger partial charge >= 0.3 is 11.9 Å². The normalized spacial score (nSPS) is 12.6. The lowest BCUT2D eigenvalue weighted by atomic mass is 9.97. The molecule has 0 fully saturated rings. The maximum atomic E-state index is 14.5. The van der Waals surface area contributed by atoms with Crippen LogP contribution in [0.25, 0.3) is 11.1 Å². The quantitative estimate of drug-likeness (QED) is 0.408. The van der Waals surface area contributed by atoms with Gasteiger partial charge < -0.3 is 9.47 Å². The molecule has 0 spiro atoms. The fraction of sp³-hybridized carbons (Fsp3) is 0.273. The van der Waals surface area contributed by atoms with Crippen LogP contribution in [-0.2, 0) is 19.1 Å². The summed E-state index contributed by atoms with van der Waals surface area (Å²) in [5.41, 5.74) is 2.49. The average Bonchev–Trinajstić information content (AvgIpc) is 2.60. The highest BCUT2D eigenvalue weighted by Crippen LogP contribution is 2.27. The van der Waals surface area contributed by atoms with Crippen LogP contribution in [0.4, 0.5) is 4.39 Å². The Morgan fingerprint density at radius 2 is 1.67 bits per heavy atom. The van der Waals surface area contributed by atoms with E-state index >= 15 is 0 Å². The Kier molecular flexibility index (Phi) is 6.88. The molecule has 0 saturated heterocycles. The highest BCUT2D eigenvalue weighted by molar-refractivity contribution is 5.83. The van der Waals surface area contributed by atoms with E-state index in [-0.39, 0.29) is 0 Å². The van der Waals surface area contributed by atoms with Crippen molar-refractivity contribution >= 4 is 11.9 Å². The summed E-state index contributed by atoms with van der Waals surface area (Å²) in [6, 6.07) is 13.8. The van der Waals surface area contributed by atoms with E-state index in [1.54, 1.807) is 32.9 Å². The van der Waals surface area contributed by atoms with Gasteiger partial charge in [0.25, 0.3) is 0 Å². The summed E-state index contributed by atoms with van der Waals surface area (Å²) < 4.78 is 24.6. The summed E-state index contributed by atoms with van der Waals surface area (Å²) >= 11 is 0. The first-order valence-electron chi connectivity index (χ1n) is 8.69. The Hall–Kier alpha value is -2.95. The second kappa shape index (κ2) is 9.12. The van der Waals surface area contributed by atoms with Crippen LogP contribution in [0.1, 0.15) is 39.2 Å². The molecule has 2 atom stereocenters. The van der Waals surface area contributed by atoms with Gasteiger partial charge in [-0.25, -0.2) is 9.18 Å². The van der Waals surface area contributed by atoms with Crippen molar-refractivity contribution < 1.29 is 23.5 Å². The molecule has 0 aliphatic rings. The van der Waals surface area contributed by atoms with Crippen LogP contribution >= 0.6 is 0 Å². The number of allylic oxidation sites excluding steroid dienone is 1. The van der Waals surface area contributed by atoms with Gasteiger partial charge in [0, 0.05) is 18.6 Å². The topological polar surface area (TPSA) is 52.6 Å². The van der Waals surface area contributed by atoms with Gasteiger partial charge in [0.05, 0.1) is 5.92 Å². The van der Waals surface area contributed by atoms with E-state index in [9.17, 15) is 14.0 Å². The molecule has 0 saturated carbocycles. The molecule has 2 aromatic carbocycles. The zero-order valence-corrected chi connectivity index (χ0v) is 15.9. The lowest BCUT2D eigenvalue weighted by Crippen LogP contribution is -2.24. The molecule has 27 heavy (non-hydrogen) atoms. The minimum atomic E-state index is -1.03. The molecule has 2 aromatic rings. The predicted molar refractivity (Wildman–Crippen MR) is 101 cm³/mol. The third kappa shape index (κ3) is 5.78. The van der Waals surface area contributed by atoms with Gasteiger partial charge in [-0.15, -0.1) is 0 Å². The number of hydrogen-bond donors (Lipinski definition) is 0. The number of halogens is 1. The molecule has 0 aromatic heterocycles. The van der Waals surface area contributed by atoms with Crippen LogP contribution in [0.2, 0.25) is 0 Å². The SMILES string of the molecule is CC(C)=CC(=O)OC(C)OC(=O)C(C)c1ccc(-c2ccccc2)c(F)c1. The van der Waals surface area contributed by atoms with Crippen LogP contribution < -0.4 is 0 Å². The van der Waals surface area contributed by atoms with E-state index in [1.807, 2.05) is 30.3 Å². The van der Waals surface area contributed by atoms with Gasteiger partial charge in [-0.2, -0.15) is 0 Å². The fourth-order valence-corrected chi connectivity index (χ4v) is 2.51. The van der Waals surface area contributed by atoms with E-state index in [1.165, 1.54) is 19.1 Å². The molecule has 0 radical (unpaired) electrons. The second-order valence-corrected chi connectivity index (χ2v) is 6.49. The number of hydrogen-bond acceptors (Lipinski definition) is 4. The van der Waals surface area contributed by atoms with Crippen LogP contribution in [0.15, 0.2) is 60.2 Å². The number of ether oxygens (including phenoxy) is 2. The predicted octanol–water partition coefficient (Wildman–Crippen LogP) is 4.99. The van der Waals surface area contributed by atoms with E-state index in [0.717, 1.165) is 11.1 Å². The minimum Gasteiger partial charge on any atom is -0.425 e. The van der Waals surface area contributed by atoms with Crippen molar-refractivity contribution in [1.82, 2.24) is 0 Å². The van der Waals surface area contributed by atoms with Gasteiger partial charge in [-0.3, -0.25) is 4.79 Å². The van der Waals surface area contributed by atoms with Gasteiger partial charge in [-0.05, 0) is 38.0 Å². The average molecular weight is 370 g/mol. The fourth-order valence-electron chi connectivity index (χ4n) is 2.51. The summed E-state index contributed by atoms with van der Waals surface area (Å²) in [5, 5.41) is 0. The highest BCUT2D eigenvalue weighted by Gasteiger charge is 2.22. The molecular weight excluding hydrogens is 347 g/mol. The van der Waals surface area contributed by atoms with Crippen LogP contribution in [0.3, 0.4) is 0 Å². The van der Waals surface area contributed by atoms with E-state index < -0.39 is 30.0 Å². The molecule has 5 heteroatoms. The third-order valence-corrected chi connectivity index (χ3v) is 3.90. The first kappa shape index (κ1) is 20.4. The molecule has 0 heterocycles. The van der Waals surface area contributed by atoms with Crippen molar-refractivity contribution in [3.8, 4) is 11.1 Å². The smallest absolute Gasteiger partial charge is 0.333 e. The number of benzene rings is 2. The molecule has 2 rings (SSSR count). The number of carbonyl (C=O) groups excluding carboxylic acids is 2. The monoisotopic (exact) mass is 370 g/mol. The van der Waals surface area contributed by atoms with E-state index in [0.29, 0.717) is 11.1 Å². The maximum Gasteiger partial charge on any atom is 0.333 e. The van der Waals surface area contributed by atoms with Crippen molar-refractivity contribution in [3.05, 3.63) is 71.6 Å². The van der Waals surface area contributed by atoms with E-state index in [2.05, 4.69) is 0 Å². The first-order chi connectivity index (χ1) is 12.8. The zero-order chi connectivity index (χ0) is 20.0. The summed E-state index contributed by atoms with van der Waals surface area (Å²) in [5.74, 6) is -2.30. The lowest BCUT2D eigenvalue weighted by molar-refractivity contribution is -0.182. The van der Waals surface area contributed by atoms with Gasteiger partial charge in [0.1, 0.15) is 5.82 Å². The Labute approximate surface area is 158 Å². The molecule has 0 N–H and O–H groups in total. The van der Waals surface area contributed by atoms with Crippen LogP contribution in [0.5, 0.6) is 0 Å². The zero-order valence-electron chi connectivity index (χ0n) is 15.9. The molecule has 0 aliphatic heterocycles. The summed E-state index contributed by atoms with van der Waals surface area (Å²) in [7, 11) is 0. The largest absolute Gasteiger partial charge is 0.425 e. The van der Waals surface area contributed by atoms with Crippen molar-refractivity contribution in [2.24, 2.45) is 0 Å². The van der Waals surface area contributed by atoms with Crippen LogP contribution in [0, 0.1) is 5.82 Å². The molecule has 4 nitrogen and oxygen atoms in total. The van der Waals surface area contributed by atoms with Crippen molar-refractivity contribution in [2.75, 3.05) is 0 Å². The molecule has 0 amide bonds. The van der Waals surface area contributed by atoms with Crippen LogP contribution in [-0.4, -0.2) is 18.2 Å². The molecule has 0 aliphatic carbocycles. The molecular formula is C22H23FO4. The second-order valence-electron chi connectivity index (χ2n) is 6.49. The van der Waals surface area contributed by atoms with Gasteiger partial charge in [-0.1, -0.05) is 48.0 Å². The molecule has 2 unspecified atom stereocenters. The van der Waals surface area contributed by atoms with Gasteiger partial charge in [0.15, 0.2) is 0 Å². The summed E-state index contributed by atoms with van der Waals surface area (Å²) in [4.78, 5) is 23.8. The van der Waals surface area contributed by atoms with Crippen molar-refractivity contribution in [1.29, 1.82) is 0 Å². The number of rotatable bonds is 6. The Morgan fingerprint density at radius 1 is 1.00 bits per heavy atom. The Balaban J connectivity index is 2.05. The maximum absolute atomic E-state index is 14.5. The summed E-state index contributed by atoms with van der Waals surface area (Å²) in [6.07, 6.45) is 0.280. The first-order valence-corrected chi connectivity index (χ1v) is 8.69.